The summed E-state index contributed by atoms with van der Waals surface area (Å²) in [5.41, 5.74) is 1.81. The van der Waals surface area contributed by atoms with Gasteiger partial charge in [0.2, 0.25) is 5.76 Å². The predicted octanol–water partition coefficient (Wildman–Crippen LogP) is 4.27. The molecule has 2 heterocycles. The normalized spacial score (nSPS) is 15.4. The van der Waals surface area contributed by atoms with Crippen molar-refractivity contribution in [3.8, 4) is 11.5 Å². The van der Waals surface area contributed by atoms with Gasteiger partial charge in [-0.05, 0) is 57.7 Å². The zero-order valence-corrected chi connectivity index (χ0v) is 20.2. The van der Waals surface area contributed by atoms with E-state index in [1.54, 1.807) is 37.3 Å². The molecule has 8 heteroatoms. The molecule has 33 heavy (non-hydrogen) atoms. The summed E-state index contributed by atoms with van der Waals surface area (Å²) in [7, 11) is 7.05. The molecular weight excluding hydrogens is 444 g/mol. The molecule has 1 amide bonds. The summed E-state index contributed by atoms with van der Waals surface area (Å²) < 4.78 is 17.2. The highest BCUT2D eigenvalue weighted by molar-refractivity contribution is 6.32. The molecule has 1 aliphatic rings. The van der Waals surface area contributed by atoms with E-state index in [1.165, 1.54) is 0 Å². The SMILES string of the molecule is COc1cccc(C2c3c(oc4cc(C)c(Cl)cc4c3=O)C(=O)N2CCCN(C)C)c1OC. The zero-order chi connectivity index (χ0) is 23.9. The van der Waals surface area contributed by atoms with Crippen LogP contribution in [0, 0.1) is 6.92 Å². The Morgan fingerprint density at radius 2 is 1.91 bits per heavy atom. The fourth-order valence-electron chi connectivity index (χ4n) is 4.38. The van der Waals surface area contributed by atoms with Gasteiger partial charge < -0.3 is 23.7 Å². The van der Waals surface area contributed by atoms with Gasteiger partial charge in [-0.2, -0.15) is 0 Å². The quantitative estimate of drug-likeness (QED) is 0.513. The highest BCUT2D eigenvalue weighted by Gasteiger charge is 2.44. The van der Waals surface area contributed by atoms with Crippen molar-refractivity contribution in [2.75, 3.05) is 41.4 Å². The van der Waals surface area contributed by atoms with E-state index in [0.29, 0.717) is 45.2 Å². The molecule has 0 aliphatic carbocycles. The number of hydrogen-bond acceptors (Lipinski definition) is 6. The van der Waals surface area contributed by atoms with Gasteiger partial charge in [-0.15, -0.1) is 0 Å². The van der Waals surface area contributed by atoms with Crippen LogP contribution in [-0.4, -0.2) is 57.1 Å². The maximum Gasteiger partial charge on any atom is 0.290 e. The summed E-state index contributed by atoms with van der Waals surface area (Å²) in [4.78, 5) is 31.0. The maximum absolute atomic E-state index is 13.7. The number of aryl methyl sites for hydroxylation is 1. The van der Waals surface area contributed by atoms with Crippen molar-refractivity contribution >= 4 is 28.5 Å². The third kappa shape index (κ3) is 3.96. The Labute approximate surface area is 197 Å². The molecule has 4 rings (SSSR count). The van der Waals surface area contributed by atoms with Crippen LogP contribution in [-0.2, 0) is 0 Å². The largest absolute Gasteiger partial charge is 0.493 e. The summed E-state index contributed by atoms with van der Waals surface area (Å²) >= 11 is 6.31. The van der Waals surface area contributed by atoms with Gasteiger partial charge in [0.25, 0.3) is 5.91 Å². The third-order valence-corrected chi connectivity index (χ3v) is 6.39. The molecule has 174 valence electrons. The molecule has 1 atom stereocenters. The number of carbonyl (C=O) groups excluding carboxylic acids is 1. The van der Waals surface area contributed by atoms with Gasteiger partial charge in [-0.3, -0.25) is 9.59 Å². The van der Waals surface area contributed by atoms with Gasteiger partial charge in [-0.1, -0.05) is 23.7 Å². The molecule has 0 radical (unpaired) electrons. The van der Waals surface area contributed by atoms with Gasteiger partial charge >= 0.3 is 0 Å². The average molecular weight is 471 g/mol. The van der Waals surface area contributed by atoms with Crippen molar-refractivity contribution in [2.24, 2.45) is 0 Å². The Kier molecular flexibility index (Phi) is 6.36. The minimum absolute atomic E-state index is 0.0638. The van der Waals surface area contributed by atoms with E-state index in [-0.39, 0.29) is 17.1 Å². The van der Waals surface area contributed by atoms with Crippen LogP contribution in [0.15, 0.2) is 39.5 Å². The molecule has 7 nitrogen and oxygen atoms in total. The molecule has 0 N–H and O–H groups in total. The Hall–Kier alpha value is -3.03. The highest BCUT2D eigenvalue weighted by Crippen LogP contribution is 2.44. The first-order valence-corrected chi connectivity index (χ1v) is 11.1. The van der Waals surface area contributed by atoms with Crippen LogP contribution in [0.5, 0.6) is 11.5 Å². The van der Waals surface area contributed by atoms with Crippen LogP contribution in [0.2, 0.25) is 5.02 Å². The lowest BCUT2D eigenvalue weighted by Gasteiger charge is -2.27. The molecule has 0 bridgehead atoms. The van der Waals surface area contributed by atoms with E-state index in [4.69, 9.17) is 25.5 Å². The van der Waals surface area contributed by atoms with Crippen LogP contribution < -0.4 is 14.9 Å². The van der Waals surface area contributed by atoms with Gasteiger partial charge in [0, 0.05) is 17.1 Å². The van der Waals surface area contributed by atoms with Crippen LogP contribution in [0.1, 0.15) is 39.7 Å². The predicted molar refractivity (Wildman–Crippen MR) is 128 cm³/mol. The lowest BCUT2D eigenvalue weighted by atomic mass is 9.97. The number of amides is 1. The van der Waals surface area contributed by atoms with Gasteiger partial charge in [0.15, 0.2) is 16.9 Å². The van der Waals surface area contributed by atoms with Gasteiger partial charge in [0.05, 0.1) is 31.2 Å². The number of nitrogens with zero attached hydrogens (tertiary/aromatic N) is 2. The highest BCUT2D eigenvalue weighted by atomic mass is 35.5. The third-order valence-electron chi connectivity index (χ3n) is 5.98. The summed E-state index contributed by atoms with van der Waals surface area (Å²) in [6, 6.07) is 8.08. The first-order valence-electron chi connectivity index (χ1n) is 10.7. The Bertz CT molecular complexity index is 1280. The fraction of sp³-hybridized carbons (Fsp3) is 0.360. The molecule has 0 spiro atoms. The lowest BCUT2D eigenvalue weighted by molar-refractivity contribution is 0.0720. The molecule has 3 aromatic rings. The summed E-state index contributed by atoms with van der Waals surface area (Å²) in [5.74, 6) is 0.747. The second-order valence-electron chi connectivity index (χ2n) is 8.41. The van der Waals surface area contributed by atoms with E-state index in [9.17, 15) is 9.59 Å². The van der Waals surface area contributed by atoms with E-state index >= 15 is 0 Å². The number of para-hydroxylation sites is 1. The lowest BCUT2D eigenvalue weighted by Crippen LogP contribution is -2.32. The number of fused-ring (bicyclic) bond motifs is 2. The van der Waals surface area contributed by atoms with E-state index < -0.39 is 6.04 Å². The van der Waals surface area contributed by atoms with Crippen LogP contribution in [0.25, 0.3) is 11.0 Å². The zero-order valence-electron chi connectivity index (χ0n) is 19.4. The Balaban J connectivity index is 1.96. The number of benzene rings is 2. The van der Waals surface area contributed by atoms with E-state index in [1.807, 2.05) is 33.2 Å². The van der Waals surface area contributed by atoms with E-state index in [2.05, 4.69) is 4.90 Å². The summed E-state index contributed by atoms with van der Waals surface area (Å²) in [5, 5.41) is 0.816. The monoisotopic (exact) mass is 470 g/mol. The van der Waals surface area contributed by atoms with Crippen molar-refractivity contribution in [2.45, 2.75) is 19.4 Å². The summed E-state index contributed by atoms with van der Waals surface area (Å²) in [6.07, 6.45) is 0.730. The fourth-order valence-corrected chi connectivity index (χ4v) is 4.54. The van der Waals surface area contributed by atoms with E-state index in [0.717, 1.165) is 18.5 Å². The Morgan fingerprint density at radius 3 is 2.58 bits per heavy atom. The van der Waals surface area contributed by atoms with Gasteiger partial charge in [0.1, 0.15) is 5.58 Å². The molecule has 1 aromatic heterocycles. The van der Waals surface area contributed by atoms with Crippen molar-refractivity contribution < 1.29 is 18.7 Å². The summed E-state index contributed by atoms with van der Waals surface area (Å²) in [6.45, 7) is 3.07. The van der Waals surface area contributed by atoms with Crippen LogP contribution in [0.4, 0.5) is 0 Å². The molecule has 0 fully saturated rings. The molecule has 2 aromatic carbocycles. The molecule has 0 saturated carbocycles. The van der Waals surface area contributed by atoms with Crippen molar-refractivity contribution in [3.05, 3.63) is 68.0 Å². The topological polar surface area (TPSA) is 72.2 Å². The minimum Gasteiger partial charge on any atom is -0.493 e. The maximum atomic E-state index is 13.7. The number of rotatable bonds is 7. The number of halogens is 1. The van der Waals surface area contributed by atoms with Crippen LogP contribution >= 0.6 is 11.6 Å². The molecular formula is C25H27ClN2O5. The molecule has 0 saturated heterocycles. The second kappa shape index (κ2) is 9.08. The standard InChI is InChI=1S/C25H27ClN2O5/c1-14-12-19-16(13-17(14)26)22(29)20-21(15-8-6-9-18(31-4)23(15)32-5)28(11-7-10-27(2)3)25(30)24(20)33-19/h6,8-9,12-13,21H,7,10-11H2,1-5H3. The number of methoxy groups -OCH3 is 2. The molecule has 1 aliphatic heterocycles. The minimum atomic E-state index is -0.666. The number of carbonyl (C=O) groups is 1. The first kappa shape index (κ1) is 23.1. The van der Waals surface area contributed by atoms with Crippen molar-refractivity contribution in [3.63, 3.8) is 0 Å². The first-order chi connectivity index (χ1) is 15.8. The van der Waals surface area contributed by atoms with Crippen molar-refractivity contribution in [1.29, 1.82) is 0 Å². The van der Waals surface area contributed by atoms with Crippen molar-refractivity contribution in [1.82, 2.24) is 9.80 Å². The second-order valence-corrected chi connectivity index (χ2v) is 8.82. The van der Waals surface area contributed by atoms with Crippen LogP contribution in [0.3, 0.4) is 0 Å². The van der Waals surface area contributed by atoms with Gasteiger partial charge in [-0.25, -0.2) is 0 Å². The number of hydrogen-bond donors (Lipinski definition) is 0. The Morgan fingerprint density at radius 1 is 1.15 bits per heavy atom. The average Bonchev–Trinajstić information content (AvgIpc) is 3.06. The molecule has 1 unspecified atom stereocenters. The smallest absolute Gasteiger partial charge is 0.290 e. The number of ether oxygens (including phenoxy) is 2.